The zero-order valence-corrected chi connectivity index (χ0v) is 13.1. The Balaban J connectivity index is 1.55. The van der Waals surface area contributed by atoms with Crippen molar-refractivity contribution in [3.63, 3.8) is 0 Å². The molecule has 2 aromatic carbocycles. The Morgan fingerprint density at radius 2 is 1.87 bits per heavy atom. The summed E-state index contributed by atoms with van der Waals surface area (Å²) >= 11 is 0. The normalized spacial score (nSPS) is 17.3. The van der Waals surface area contributed by atoms with Gasteiger partial charge < -0.3 is 14.8 Å². The summed E-state index contributed by atoms with van der Waals surface area (Å²) in [5.41, 5.74) is 1.64. The van der Waals surface area contributed by atoms with Gasteiger partial charge in [-0.15, -0.1) is 0 Å². The van der Waals surface area contributed by atoms with E-state index in [-0.39, 0.29) is 12.4 Å². The molecule has 0 unspecified atom stereocenters. The first kappa shape index (κ1) is 16.0. The molecule has 122 valence electrons. The van der Waals surface area contributed by atoms with Crippen molar-refractivity contribution in [2.75, 3.05) is 13.2 Å². The summed E-state index contributed by atoms with van der Waals surface area (Å²) in [6.45, 7) is 2.67. The van der Waals surface area contributed by atoms with Crippen molar-refractivity contribution < 1.29 is 13.9 Å². The van der Waals surface area contributed by atoms with Crippen LogP contribution in [0.4, 0.5) is 4.39 Å². The third-order valence-electron chi connectivity index (χ3n) is 4.03. The average molecular weight is 315 g/mol. The first-order valence-electron chi connectivity index (χ1n) is 8.09. The molecule has 1 atom stereocenters. The van der Waals surface area contributed by atoms with Gasteiger partial charge in [0.05, 0.1) is 6.10 Å². The van der Waals surface area contributed by atoms with E-state index in [0.717, 1.165) is 37.3 Å². The molecule has 0 aliphatic carbocycles. The molecule has 4 heteroatoms. The van der Waals surface area contributed by atoms with Crippen LogP contribution in [0.3, 0.4) is 0 Å². The van der Waals surface area contributed by atoms with Crippen LogP contribution in [-0.4, -0.2) is 19.3 Å². The predicted octanol–water partition coefficient (Wildman–Crippen LogP) is 3.67. The van der Waals surface area contributed by atoms with Crippen LogP contribution in [0, 0.1) is 5.82 Å². The Labute approximate surface area is 136 Å². The number of benzene rings is 2. The minimum atomic E-state index is -0.235. The number of ether oxygens (including phenoxy) is 2. The molecule has 2 aromatic rings. The lowest BCUT2D eigenvalue weighted by Gasteiger charge is -2.14. The first-order valence-corrected chi connectivity index (χ1v) is 8.09. The highest BCUT2D eigenvalue weighted by Crippen LogP contribution is 2.20. The Hall–Kier alpha value is -1.91. The average Bonchev–Trinajstić information content (AvgIpc) is 3.09. The van der Waals surface area contributed by atoms with Crippen molar-refractivity contribution in [2.24, 2.45) is 0 Å². The second kappa shape index (κ2) is 8.09. The highest BCUT2D eigenvalue weighted by Gasteiger charge is 2.14. The Kier molecular flexibility index (Phi) is 5.61. The van der Waals surface area contributed by atoms with Crippen LogP contribution in [0.2, 0.25) is 0 Å². The fourth-order valence-corrected chi connectivity index (χ4v) is 2.73. The fourth-order valence-electron chi connectivity index (χ4n) is 2.73. The van der Waals surface area contributed by atoms with Gasteiger partial charge in [0.25, 0.3) is 0 Å². The molecule has 3 nitrogen and oxygen atoms in total. The number of halogens is 1. The number of nitrogens with one attached hydrogen (secondary N) is 1. The minimum absolute atomic E-state index is 0.232. The van der Waals surface area contributed by atoms with Crippen LogP contribution in [-0.2, 0) is 17.9 Å². The summed E-state index contributed by atoms with van der Waals surface area (Å²) in [7, 11) is 0. The SMILES string of the molecule is Fc1ccccc1COc1ccccc1CNC[C@H]1CCCO1. The molecule has 0 saturated carbocycles. The number of hydrogen-bond acceptors (Lipinski definition) is 3. The van der Waals surface area contributed by atoms with E-state index >= 15 is 0 Å². The molecule has 1 aliphatic rings. The topological polar surface area (TPSA) is 30.5 Å². The number of hydrogen-bond donors (Lipinski definition) is 1. The van der Waals surface area contributed by atoms with E-state index in [9.17, 15) is 4.39 Å². The summed E-state index contributed by atoms with van der Waals surface area (Å²) in [5, 5.41) is 3.41. The summed E-state index contributed by atoms with van der Waals surface area (Å²) < 4.78 is 25.1. The molecule has 0 amide bonds. The van der Waals surface area contributed by atoms with Crippen LogP contribution >= 0.6 is 0 Å². The molecular formula is C19H22FNO2. The van der Waals surface area contributed by atoms with Crippen molar-refractivity contribution in [1.82, 2.24) is 5.32 Å². The molecule has 3 rings (SSSR count). The zero-order chi connectivity index (χ0) is 15.9. The van der Waals surface area contributed by atoms with Gasteiger partial charge in [-0.05, 0) is 25.0 Å². The second-order valence-corrected chi connectivity index (χ2v) is 5.75. The maximum Gasteiger partial charge on any atom is 0.129 e. The second-order valence-electron chi connectivity index (χ2n) is 5.75. The van der Waals surface area contributed by atoms with E-state index in [2.05, 4.69) is 5.32 Å². The van der Waals surface area contributed by atoms with Gasteiger partial charge in [0.15, 0.2) is 0 Å². The van der Waals surface area contributed by atoms with Gasteiger partial charge in [-0.25, -0.2) is 4.39 Å². The molecule has 1 heterocycles. The van der Waals surface area contributed by atoms with Crippen LogP contribution in [0.5, 0.6) is 5.75 Å². The van der Waals surface area contributed by atoms with Gasteiger partial charge in [0.1, 0.15) is 18.2 Å². The molecule has 1 saturated heterocycles. The zero-order valence-electron chi connectivity index (χ0n) is 13.1. The van der Waals surface area contributed by atoms with Crippen molar-refractivity contribution in [3.05, 3.63) is 65.5 Å². The van der Waals surface area contributed by atoms with Crippen LogP contribution < -0.4 is 10.1 Å². The third-order valence-corrected chi connectivity index (χ3v) is 4.03. The van der Waals surface area contributed by atoms with Crippen LogP contribution in [0.25, 0.3) is 0 Å². The summed E-state index contributed by atoms with van der Waals surface area (Å²) in [5.74, 6) is 0.553. The van der Waals surface area contributed by atoms with Crippen LogP contribution in [0.1, 0.15) is 24.0 Å². The van der Waals surface area contributed by atoms with Crippen molar-refractivity contribution in [3.8, 4) is 5.75 Å². The predicted molar refractivity (Wildman–Crippen MR) is 87.9 cm³/mol. The molecule has 1 N–H and O–H groups in total. The van der Waals surface area contributed by atoms with Crippen molar-refractivity contribution in [2.45, 2.75) is 32.1 Å². The Morgan fingerprint density at radius 1 is 1.09 bits per heavy atom. The molecule has 0 radical (unpaired) electrons. The summed E-state index contributed by atoms with van der Waals surface area (Å²) in [4.78, 5) is 0. The lowest BCUT2D eigenvalue weighted by Crippen LogP contribution is -2.26. The lowest BCUT2D eigenvalue weighted by atomic mass is 10.2. The van der Waals surface area contributed by atoms with Crippen LogP contribution in [0.15, 0.2) is 48.5 Å². The third kappa shape index (κ3) is 4.53. The van der Waals surface area contributed by atoms with Gasteiger partial charge in [0, 0.05) is 30.8 Å². The monoisotopic (exact) mass is 315 g/mol. The Morgan fingerprint density at radius 3 is 2.65 bits per heavy atom. The lowest BCUT2D eigenvalue weighted by molar-refractivity contribution is 0.110. The molecule has 1 aliphatic heterocycles. The Bertz CT molecular complexity index is 626. The highest BCUT2D eigenvalue weighted by molar-refractivity contribution is 5.33. The standard InChI is InChI=1S/C19H22FNO2/c20-18-9-3-1-7-16(18)14-23-19-10-4-2-6-15(19)12-21-13-17-8-5-11-22-17/h1-4,6-7,9-10,17,21H,5,8,11-14H2/t17-/m1/s1. The first-order chi connectivity index (χ1) is 11.3. The maximum atomic E-state index is 13.7. The molecular weight excluding hydrogens is 293 g/mol. The van der Waals surface area contributed by atoms with Gasteiger partial charge in [-0.1, -0.05) is 36.4 Å². The van der Waals surface area contributed by atoms with Gasteiger partial charge in [-0.3, -0.25) is 0 Å². The van der Waals surface area contributed by atoms with Gasteiger partial charge >= 0.3 is 0 Å². The van der Waals surface area contributed by atoms with E-state index in [4.69, 9.17) is 9.47 Å². The van der Waals surface area contributed by atoms with Gasteiger partial charge in [-0.2, -0.15) is 0 Å². The number of rotatable bonds is 7. The smallest absolute Gasteiger partial charge is 0.129 e. The van der Waals surface area contributed by atoms with E-state index in [1.54, 1.807) is 12.1 Å². The van der Waals surface area contributed by atoms with Crippen molar-refractivity contribution in [1.29, 1.82) is 0 Å². The van der Waals surface area contributed by atoms with Gasteiger partial charge in [0.2, 0.25) is 0 Å². The molecule has 0 spiro atoms. The largest absolute Gasteiger partial charge is 0.488 e. The summed E-state index contributed by atoms with van der Waals surface area (Å²) in [6, 6.07) is 14.6. The van der Waals surface area contributed by atoms with E-state index in [1.807, 2.05) is 30.3 Å². The number of para-hydroxylation sites is 1. The highest BCUT2D eigenvalue weighted by atomic mass is 19.1. The molecule has 0 bridgehead atoms. The molecule has 1 fully saturated rings. The van der Waals surface area contributed by atoms with Crippen molar-refractivity contribution >= 4 is 0 Å². The quantitative estimate of drug-likeness (QED) is 0.845. The summed E-state index contributed by atoms with van der Waals surface area (Å²) in [6.07, 6.45) is 2.59. The van der Waals surface area contributed by atoms with E-state index in [0.29, 0.717) is 18.2 Å². The van der Waals surface area contributed by atoms with E-state index < -0.39 is 0 Å². The molecule has 23 heavy (non-hydrogen) atoms. The van der Waals surface area contributed by atoms with E-state index in [1.165, 1.54) is 6.07 Å². The maximum absolute atomic E-state index is 13.7. The minimum Gasteiger partial charge on any atom is -0.488 e. The molecule has 0 aromatic heterocycles. The fraction of sp³-hybridized carbons (Fsp3) is 0.368.